The number of hydrogen-bond acceptors (Lipinski definition) is 7. The molecule has 2 saturated heterocycles. The number of likely N-dealkylation sites (tertiary alicyclic amines) is 2. The number of amides is 1. The molecular weight excluding hydrogens is 446 g/mol. The lowest BCUT2D eigenvalue weighted by atomic mass is 10.0. The molecule has 0 saturated carbocycles. The van der Waals surface area contributed by atoms with Crippen LogP contribution in [-0.2, 0) is 11.2 Å². The molecule has 2 fully saturated rings. The van der Waals surface area contributed by atoms with E-state index in [0.29, 0.717) is 24.6 Å². The van der Waals surface area contributed by atoms with Crippen LogP contribution in [0.5, 0.6) is 17.4 Å². The van der Waals surface area contributed by atoms with Crippen LogP contribution in [0.2, 0.25) is 0 Å². The van der Waals surface area contributed by atoms with Crippen molar-refractivity contribution in [2.24, 2.45) is 0 Å². The minimum absolute atomic E-state index is 0.0972. The molecule has 1 aromatic carbocycles. The van der Waals surface area contributed by atoms with Crippen molar-refractivity contribution in [3.63, 3.8) is 0 Å². The standard InChI is InChI=1S/C26H29N5O4/c32-23-8-12-31(26(23)33)19-6-10-30(11-7-19)16-21-13-17-1-3-20(14-24(17)34-21)35-25-4-2-18(15-27-25)22-5-9-28-29-22/h1-5,9,14-15,19,21,23,32H,6-8,10-13,16H2,(H,28,29). The van der Waals surface area contributed by atoms with Crippen LogP contribution in [0.25, 0.3) is 11.3 Å². The molecule has 1 amide bonds. The van der Waals surface area contributed by atoms with Crippen molar-refractivity contribution in [3.8, 4) is 28.6 Å². The Bertz CT molecular complexity index is 1170. The van der Waals surface area contributed by atoms with E-state index in [1.54, 1.807) is 12.4 Å². The van der Waals surface area contributed by atoms with Gasteiger partial charge in [-0.2, -0.15) is 5.10 Å². The van der Waals surface area contributed by atoms with Crippen molar-refractivity contribution in [3.05, 3.63) is 54.4 Å². The number of rotatable bonds is 6. The molecule has 3 aliphatic rings. The van der Waals surface area contributed by atoms with Crippen molar-refractivity contribution in [2.45, 2.75) is 43.9 Å². The third-order valence-corrected chi connectivity index (χ3v) is 7.22. The zero-order chi connectivity index (χ0) is 23.8. The zero-order valence-electron chi connectivity index (χ0n) is 19.5. The number of hydrogen-bond donors (Lipinski definition) is 2. The first-order chi connectivity index (χ1) is 17.1. The molecule has 0 aliphatic carbocycles. The lowest BCUT2D eigenvalue weighted by Gasteiger charge is -2.37. The first-order valence-corrected chi connectivity index (χ1v) is 12.3. The van der Waals surface area contributed by atoms with Gasteiger partial charge in [0.2, 0.25) is 5.88 Å². The first-order valence-electron chi connectivity index (χ1n) is 12.3. The number of ether oxygens (including phenoxy) is 2. The maximum Gasteiger partial charge on any atom is 0.251 e. The van der Waals surface area contributed by atoms with E-state index in [-0.39, 0.29) is 18.1 Å². The minimum Gasteiger partial charge on any atom is -0.488 e. The van der Waals surface area contributed by atoms with Crippen LogP contribution in [0.15, 0.2) is 48.8 Å². The van der Waals surface area contributed by atoms with Crippen LogP contribution in [0.1, 0.15) is 24.8 Å². The Morgan fingerprint density at radius 3 is 2.71 bits per heavy atom. The molecule has 182 valence electrons. The number of benzene rings is 1. The number of aliphatic hydroxyl groups excluding tert-OH is 1. The Labute approximate surface area is 203 Å². The summed E-state index contributed by atoms with van der Waals surface area (Å²) in [5.74, 6) is 1.99. The Hall–Kier alpha value is -3.43. The molecule has 35 heavy (non-hydrogen) atoms. The first kappa shape index (κ1) is 22.1. The number of carbonyl (C=O) groups is 1. The number of piperidine rings is 1. The number of pyridine rings is 1. The second kappa shape index (κ2) is 9.31. The number of aromatic nitrogens is 3. The monoisotopic (exact) mass is 475 g/mol. The van der Waals surface area contributed by atoms with E-state index in [0.717, 1.165) is 55.9 Å². The summed E-state index contributed by atoms with van der Waals surface area (Å²) in [6, 6.07) is 11.9. The number of aromatic amines is 1. The molecule has 2 unspecified atom stereocenters. The fraction of sp³-hybridized carbons (Fsp3) is 0.423. The van der Waals surface area contributed by atoms with Gasteiger partial charge in [-0.25, -0.2) is 4.98 Å². The van der Waals surface area contributed by atoms with E-state index in [4.69, 9.17) is 9.47 Å². The molecule has 2 atom stereocenters. The third kappa shape index (κ3) is 4.61. The maximum atomic E-state index is 12.1. The largest absolute Gasteiger partial charge is 0.488 e. The predicted molar refractivity (Wildman–Crippen MR) is 128 cm³/mol. The molecular formula is C26H29N5O4. The Morgan fingerprint density at radius 1 is 1.11 bits per heavy atom. The summed E-state index contributed by atoms with van der Waals surface area (Å²) < 4.78 is 12.2. The molecule has 0 radical (unpaired) electrons. The van der Waals surface area contributed by atoms with Gasteiger partial charge >= 0.3 is 0 Å². The van der Waals surface area contributed by atoms with Gasteiger partial charge in [0, 0.05) is 68.7 Å². The highest BCUT2D eigenvalue weighted by Crippen LogP contribution is 2.35. The van der Waals surface area contributed by atoms with E-state index in [2.05, 4.69) is 26.1 Å². The molecule has 9 heteroatoms. The van der Waals surface area contributed by atoms with Crippen molar-refractivity contribution >= 4 is 5.91 Å². The summed E-state index contributed by atoms with van der Waals surface area (Å²) in [4.78, 5) is 20.8. The van der Waals surface area contributed by atoms with Crippen LogP contribution in [0, 0.1) is 0 Å². The van der Waals surface area contributed by atoms with Gasteiger partial charge in [0.15, 0.2) is 0 Å². The average Bonchev–Trinajstić information content (AvgIpc) is 3.61. The van der Waals surface area contributed by atoms with Crippen LogP contribution >= 0.6 is 0 Å². The average molecular weight is 476 g/mol. The van der Waals surface area contributed by atoms with Crippen molar-refractivity contribution in [1.82, 2.24) is 25.0 Å². The van der Waals surface area contributed by atoms with Crippen molar-refractivity contribution in [1.29, 1.82) is 0 Å². The highest BCUT2D eigenvalue weighted by molar-refractivity contribution is 5.83. The molecule has 5 heterocycles. The van der Waals surface area contributed by atoms with Crippen molar-refractivity contribution < 1.29 is 19.4 Å². The summed E-state index contributed by atoms with van der Waals surface area (Å²) >= 11 is 0. The van der Waals surface area contributed by atoms with Gasteiger partial charge in [0.25, 0.3) is 5.91 Å². The number of nitrogens with one attached hydrogen (secondary N) is 1. The lowest BCUT2D eigenvalue weighted by Crippen LogP contribution is -2.48. The van der Waals surface area contributed by atoms with Gasteiger partial charge in [-0.3, -0.25) is 14.8 Å². The minimum atomic E-state index is -0.801. The highest BCUT2D eigenvalue weighted by Gasteiger charge is 2.36. The number of nitrogens with zero attached hydrogens (tertiary/aromatic N) is 4. The SMILES string of the molecule is O=C1C(O)CCN1C1CCN(CC2Cc3ccc(Oc4ccc(-c5ccn[nH]5)cn4)cc3O2)CC1. The Morgan fingerprint density at radius 2 is 2.00 bits per heavy atom. The summed E-state index contributed by atoms with van der Waals surface area (Å²) in [6.07, 6.45) is 6.11. The van der Waals surface area contributed by atoms with E-state index in [1.807, 2.05) is 35.2 Å². The maximum absolute atomic E-state index is 12.1. The van der Waals surface area contributed by atoms with Crippen LogP contribution in [0.4, 0.5) is 0 Å². The summed E-state index contributed by atoms with van der Waals surface area (Å²) in [5.41, 5.74) is 3.05. The quantitative estimate of drug-likeness (QED) is 0.565. The molecule has 3 aromatic rings. The van der Waals surface area contributed by atoms with Crippen LogP contribution in [-0.4, -0.2) is 80.4 Å². The smallest absolute Gasteiger partial charge is 0.251 e. The second-order valence-electron chi connectivity index (χ2n) is 9.54. The van der Waals surface area contributed by atoms with Crippen LogP contribution < -0.4 is 9.47 Å². The fourth-order valence-electron chi connectivity index (χ4n) is 5.33. The Balaban J connectivity index is 1.02. The Kier molecular flexibility index (Phi) is 5.87. The normalized spacial score (nSPS) is 22.9. The number of carbonyl (C=O) groups excluding carboxylic acids is 1. The van der Waals surface area contributed by atoms with Crippen molar-refractivity contribution in [2.75, 3.05) is 26.2 Å². The lowest BCUT2D eigenvalue weighted by molar-refractivity contribution is -0.137. The molecule has 9 nitrogen and oxygen atoms in total. The number of H-pyrrole nitrogens is 1. The van der Waals surface area contributed by atoms with Gasteiger partial charge in [-0.05, 0) is 43.0 Å². The van der Waals surface area contributed by atoms with Gasteiger partial charge < -0.3 is 19.5 Å². The summed E-state index contributed by atoms with van der Waals surface area (Å²) in [5, 5.41) is 16.6. The third-order valence-electron chi connectivity index (χ3n) is 7.22. The molecule has 0 bridgehead atoms. The molecule has 2 aromatic heterocycles. The summed E-state index contributed by atoms with van der Waals surface area (Å²) in [6.45, 7) is 3.43. The second-order valence-corrected chi connectivity index (χ2v) is 9.54. The predicted octanol–water partition coefficient (Wildman–Crippen LogP) is 2.63. The van der Waals surface area contributed by atoms with Gasteiger partial charge in [-0.15, -0.1) is 0 Å². The molecule has 3 aliphatic heterocycles. The van der Waals surface area contributed by atoms with Gasteiger partial charge in [-0.1, -0.05) is 6.07 Å². The summed E-state index contributed by atoms with van der Waals surface area (Å²) in [7, 11) is 0. The number of fused-ring (bicyclic) bond motifs is 1. The van der Waals surface area contributed by atoms with Crippen LogP contribution in [0.3, 0.4) is 0 Å². The molecule has 6 rings (SSSR count). The highest BCUT2D eigenvalue weighted by atomic mass is 16.5. The zero-order valence-corrected chi connectivity index (χ0v) is 19.5. The van der Waals surface area contributed by atoms with E-state index in [1.165, 1.54) is 5.56 Å². The van der Waals surface area contributed by atoms with Gasteiger partial charge in [0.05, 0.1) is 5.69 Å². The molecule has 0 spiro atoms. The van der Waals surface area contributed by atoms with E-state index in [9.17, 15) is 9.90 Å². The number of aliphatic hydroxyl groups is 1. The fourth-order valence-corrected chi connectivity index (χ4v) is 5.33. The topological polar surface area (TPSA) is 104 Å². The molecule has 2 N–H and O–H groups in total. The van der Waals surface area contributed by atoms with Gasteiger partial charge in [0.1, 0.15) is 23.7 Å². The van der Waals surface area contributed by atoms with E-state index >= 15 is 0 Å². The van der Waals surface area contributed by atoms with E-state index < -0.39 is 6.10 Å².